The SMILES string of the molecule is CNC(CS(=O)Cc1ccc(Cl)cc1)c1ccccc1. The molecule has 2 aromatic carbocycles. The predicted octanol–water partition coefficient (Wildman–Crippen LogP) is 3.55. The fourth-order valence-electron chi connectivity index (χ4n) is 2.04. The van der Waals surface area contributed by atoms with Gasteiger partial charge in [-0.25, -0.2) is 0 Å². The Kier molecular flexibility index (Phi) is 5.77. The summed E-state index contributed by atoms with van der Waals surface area (Å²) in [5.41, 5.74) is 2.22. The third kappa shape index (κ3) is 4.44. The molecule has 0 spiro atoms. The summed E-state index contributed by atoms with van der Waals surface area (Å²) >= 11 is 5.85. The summed E-state index contributed by atoms with van der Waals surface area (Å²) < 4.78 is 12.3. The number of halogens is 1. The van der Waals surface area contributed by atoms with E-state index in [-0.39, 0.29) is 6.04 Å². The molecule has 0 radical (unpaired) electrons. The van der Waals surface area contributed by atoms with Crippen molar-refractivity contribution in [3.63, 3.8) is 0 Å². The Balaban J connectivity index is 1.97. The average Bonchev–Trinajstić information content (AvgIpc) is 2.48. The first-order valence-corrected chi connectivity index (χ1v) is 8.37. The third-order valence-electron chi connectivity index (χ3n) is 3.14. The third-order valence-corrected chi connectivity index (χ3v) is 4.76. The molecule has 4 heteroatoms. The minimum atomic E-state index is -0.914. The molecule has 2 unspecified atom stereocenters. The van der Waals surface area contributed by atoms with Crippen LogP contribution in [0.4, 0.5) is 0 Å². The maximum atomic E-state index is 12.3. The number of rotatable bonds is 6. The second kappa shape index (κ2) is 7.58. The highest BCUT2D eigenvalue weighted by molar-refractivity contribution is 7.84. The minimum Gasteiger partial charge on any atom is -0.312 e. The standard InChI is InChI=1S/C16H18ClNOS/c1-18-16(14-5-3-2-4-6-14)12-20(19)11-13-7-9-15(17)10-8-13/h2-10,16,18H,11-12H2,1H3. The van der Waals surface area contributed by atoms with E-state index in [0.29, 0.717) is 16.5 Å². The summed E-state index contributed by atoms with van der Waals surface area (Å²) in [4.78, 5) is 0. The molecule has 0 fully saturated rings. The normalized spacial score (nSPS) is 13.9. The van der Waals surface area contributed by atoms with E-state index in [4.69, 9.17) is 11.6 Å². The van der Waals surface area contributed by atoms with E-state index in [2.05, 4.69) is 17.4 Å². The summed E-state index contributed by atoms with van der Waals surface area (Å²) in [6, 6.07) is 17.7. The summed E-state index contributed by atoms with van der Waals surface area (Å²) in [5.74, 6) is 1.16. The highest BCUT2D eigenvalue weighted by atomic mass is 35.5. The molecule has 0 saturated heterocycles. The van der Waals surface area contributed by atoms with Crippen molar-refractivity contribution < 1.29 is 4.21 Å². The van der Waals surface area contributed by atoms with Crippen molar-refractivity contribution >= 4 is 22.4 Å². The Labute approximate surface area is 127 Å². The molecule has 2 atom stereocenters. The van der Waals surface area contributed by atoms with Gasteiger partial charge >= 0.3 is 0 Å². The van der Waals surface area contributed by atoms with Crippen LogP contribution < -0.4 is 5.32 Å². The molecule has 2 aromatic rings. The number of hydrogen-bond acceptors (Lipinski definition) is 2. The topological polar surface area (TPSA) is 29.1 Å². The van der Waals surface area contributed by atoms with Gasteiger partial charge in [0.2, 0.25) is 0 Å². The van der Waals surface area contributed by atoms with E-state index < -0.39 is 10.8 Å². The van der Waals surface area contributed by atoms with Gasteiger partial charge in [-0.3, -0.25) is 4.21 Å². The lowest BCUT2D eigenvalue weighted by Crippen LogP contribution is -2.23. The molecule has 0 saturated carbocycles. The lowest BCUT2D eigenvalue weighted by Gasteiger charge is -2.16. The van der Waals surface area contributed by atoms with Gasteiger partial charge in [0.1, 0.15) is 0 Å². The summed E-state index contributed by atoms with van der Waals surface area (Å²) in [7, 11) is 0.986. The molecule has 2 nitrogen and oxygen atoms in total. The van der Waals surface area contributed by atoms with Crippen LogP contribution in [-0.2, 0) is 16.6 Å². The first-order chi connectivity index (χ1) is 9.69. The first kappa shape index (κ1) is 15.2. The van der Waals surface area contributed by atoms with Crippen LogP contribution in [0.3, 0.4) is 0 Å². The van der Waals surface area contributed by atoms with Crippen LogP contribution >= 0.6 is 11.6 Å². The van der Waals surface area contributed by atoms with Gasteiger partial charge in [-0.15, -0.1) is 0 Å². The Morgan fingerprint density at radius 3 is 2.35 bits per heavy atom. The quantitative estimate of drug-likeness (QED) is 0.884. The molecule has 0 aromatic heterocycles. The molecule has 0 amide bonds. The average molecular weight is 308 g/mol. The van der Waals surface area contributed by atoms with Crippen molar-refractivity contribution in [2.45, 2.75) is 11.8 Å². The number of hydrogen-bond donors (Lipinski definition) is 1. The summed E-state index contributed by atoms with van der Waals surface area (Å²) in [6.45, 7) is 0. The molecule has 106 valence electrons. The van der Waals surface area contributed by atoms with Crippen molar-refractivity contribution in [1.29, 1.82) is 0 Å². The maximum Gasteiger partial charge on any atom is 0.0486 e. The van der Waals surface area contributed by atoms with Gasteiger partial charge in [0, 0.05) is 33.4 Å². The fraction of sp³-hybridized carbons (Fsp3) is 0.250. The lowest BCUT2D eigenvalue weighted by molar-refractivity contribution is 0.635. The monoisotopic (exact) mass is 307 g/mol. The van der Waals surface area contributed by atoms with E-state index in [1.165, 1.54) is 5.56 Å². The van der Waals surface area contributed by atoms with E-state index in [9.17, 15) is 4.21 Å². The van der Waals surface area contributed by atoms with Crippen molar-refractivity contribution in [3.8, 4) is 0 Å². The molecule has 0 heterocycles. The predicted molar refractivity (Wildman–Crippen MR) is 86.4 cm³/mol. The second-order valence-corrected chi connectivity index (χ2v) is 6.57. The Bertz CT molecular complexity index is 556. The van der Waals surface area contributed by atoms with Gasteiger partial charge < -0.3 is 5.32 Å². The zero-order chi connectivity index (χ0) is 14.4. The van der Waals surface area contributed by atoms with Gasteiger partial charge in [0.15, 0.2) is 0 Å². The van der Waals surface area contributed by atoms with E-state index in [0.717, 1.165) is 5.56 Å². The summed E-state index contributed by atoms with van der Waals surface area (Å²) in [5, 5.41) is 3.94. The number of nitrogens with one attached hydrogen (secondary N) is 1. The van der Waals surface area contributed by atoms with Crippen molar-refractivity contribution in [1.82, 2.24) is 5.32 Å². The maximum absolute atomic E-state index is 12.3. The van der Waals surface area contributed by atoms with Crippen LogP contribution in [0.2, 0.25) is 5.02 Å². The first-order valence-electron chi connectivity index (χ1n) is 6.50. The lowest BCUT2D eigenvalue weighted by atomic mass is 10.1. The zero-order valence-corrected chi connectivity index (χ0v) is 13.0. The molecule has 0 aliphatic carbocycles. The molecular formula is C16H18ClNOS. The van der Waals surface area contributed by atoms with Crippen molar-refractivity contribution in [2.24, 2.45) is 0 Å². The van der Waals surface area contributed by atoms with Crippen LogP contribution in [0, 0.1) is 0 Å². The summed E-state index contributed by atoms with van der Waals surface area (Å²) in [6.07, 6.45) is 0. The van der Waals surface area contributed by atoms with Crippen LogP contribution in [0.25, 0.3) is 0 Å². The van der Waals surface area contributed by atoms with Crippen LogP contribution in [0.1, 0.15) is 17.2 Å². The zero-order valence-electron chi connectivity index (χ0n) is 11.4. The smallest absolute Gasteiger partial charge is 0.0486 e. The largest absolute Gasteiger partial charge is 0.312 e. The van der Waals surface area contributed by atoms with Gasteiger partial charge in [-0.1, -0.05) is 54.1 Å². The van der Waals surface area contributed by atoms with E-state index in [1.54, 1.807) is 0 Å². The van der Waals surface area contributed by atoms with Gasteiger partial charge in [-0.05, 0) is 30.3 Å². The van der Waals surface area contributed by atoms with Gasteiger partial charge in [0.05, 0.1) is 0 Å². The molecule has 0 bridgehead atoms. The van der Waals surface area contributed by atoms with Gasteiger partial charge in [0.25, 0.3) is 0 Å². The molecule has 20 heavy (non-hydrogen) atoms. The van der Waals surface area contributed by atoms with Crippen LogP contribution in [0.15, 0.2) is 54.6 Å². The minimum absolute atomic E-state index is 0.115. The van der Waals surface area contributed by atoms with Crippen LogP contribution in [-0.4, -0.2) is 17.0 Å². The Morgan fingerprint density at radius 1 is 1.10 bits per heavy atom. The van der Waals surface area contributed by atoms with E-state index in [1.807, 2.05) is 49.5 Å². The fourth-order valence-corrected chi connectivity index (χ4v) is 3.58. The molecule has 0 aliphatic rings. The number of benzene rings is 2. The molecule has 0 aliphatic heterocycles. The van der Waals surface area contributed by atoms with Crippen LogP contribution in [0.5, 0.6) is 0 Å². The van der Waals surface area contributed by atoms with Gasteiger partial charge in [-0.2, -0.15) is 0 Å². The molecular weight excluding hydrogens is 290 g/mol. The Hall–Kier alpha value is -1.16. The second-order valence-electron chi connectivity index (χ2n) is 4.63. The molecule has 1 N–H and O–H groups in total. The molecule has 2 rings (SSSR count). The van der Waals surface area contributed by atoms with Crippen molar-refractivity contribution in [2.75, 3.05) is 12.8 Å². The van der Waals surface area contributed by atoms with Crippen molar-refractivity contribution in [3.05, 3.63) is 70.7 Å². The highest BCUT2D eigenvalue weighted by Gasteiger charge is 2.13. The Morgan fingerprint density at radius 2 is 1.75 bits per heavy atom. The highest BCUT2D eigenvalue weighted by Crippen LogP contribution is 2.16. The van der Waals surface area contributed by atoms with E-state index >= 15 is 0 Å².